The first-order valence-electron chi connectivity index (χ1n) is 27.8. The van der Waals surface area contributed by atoms with Gasteiger partial charge in [-0.05, 0) is 225 Å². The van der Waals surface area contributed by atoms with E-state index in [-0.39, 0.29) is 0 Å². The number of hydrogen-bond acceptors (Lipinski definition) is 0. The normalized spacial score (nSPS) is 29.0. The van der Waals surface area contributed by atoms with Crippen LogP contribution in [0.2, 0.25) is 0 Å². The number of fused-ring (bicyclic) bond motifs is 8. The highest BCUT2D eigenvalue weighted by Crippen LogP contribution is 2.60. The molecule has 0 bridgehead atoms. The quantitative estimate of drug-likeness (QED) is 0.165. The van der Waals surface area contributed by atoms with Crippen molar-refractivity contribution in [2.24, 2.45) is 39.9 Å². The second-order valence-electron chi connectivity index (χ2n) is 24.4. The summed E-state index contributed by atoms with van der Waals surface area (Å²) in [6.45, 7) is 0. The molecule has 0 amide bonds. The van der Waals surface area contributed by atoms with Gasteiger partial charge in [-0.3, -0.25) is 0 Å². The zero-order valence-corrected chi connectivity index (χ0v) is 40.2. The van der Waals surface area contributed by atoms with Crippen LogP contribution in [0.1, 0.15) is 205 Å². The third-order valence-corrected chi connectivity index (χ3v) is 20.5. The lowest BCUT2D eigenvalue weighted by molar-refractivity contribution is 0.111. The van der Waals surface area contributed by atoms with E-state index in [2.05, 4.69) is 97.1 Å². The Balaban J connectivity index is 0.0000000894. The van der Waals surface area contributed by atoms with Crippen molar-refractivity contribution in [3.05, 3.63) is 142 Å². The average Bonchev–Trinajstić information content (AvgIpc) is 3.84. The van der Waals surface area contributed by atoms with E-state index in [1.165, 1.54) is 191 Å². The minimum atomic E-state index is 0.606. The third-order valence-electron chi connectivity index (χ3n) is 20.5. The van der Waals surface area contributed by atoms with Crippen molar-refractivity contribution in [3.8, 4) is 0 Å². The maximum atomic E-state index is 2.38. The molecule has 0 radical (unpaired) electrons. The van der Waals surface area contributed by atoms with E-state index in [9.17, 15) is 0 Å². The minimum Gasteiger partial charge on any atom is -0.0620 e. The Morgan fingerprint density at radius 2 is 0.734 bits per heavy atom. The van der Waals surface area contributed by atoms with Crippen LogP contribution in [0.4, 0.5) is 0 Å². The zero-order chi connectivity index (χ0) is 42.9. The molecule has 4 aromatic rings. The van der Waals surface area contributed by atoms with Gasteiger partial charge in [-0.2, -0.15) is 0 Å². The Labute approximate surface area is 390 Å². The summed E-state index contributed by atoms with van der Waals surface area (Å²) in [5.74, 6) is 4.82. The molecule has 340 valence electrons. The van der Waals surface area contributed by atoms with Gasteiger partial charge in [-0.25, -0.2) is 0 Å². The van der Waals surface area contributed by atoms with Gasteiger partial charge in [0.1, 0.15) is 0 Å². The second-order valence-corrected chi connectivity index (χ2v) is 24.4. The molecule has 0 aliphatic heterocycles. The van der Waals surface area contributed by atoms with Gasteiger partial charge >= 0.3 is 0 Å². The number of rotatable bonds is 0. The molecule has 7 saturated carbocycles. The van der Waals surface area contributed by atoms with E-state index in [0.29, 0.717) is 16.2 Å². The van der Waals surface area contributed by atoms with Gasteiger partial charge in [0, 0.05) is 0 Å². The molecule has 4 unspecified atom stereocenters. The molecule has 7 fully saturated rings. The molecule has 0 heterocycles. The van der Waals surface area contributed by atoms with Gasteiger partial charge in [-0.15, -0.1) is 0 Å². The van der Waals surface area contributed by atoms with Crippen LogP contribution in [0.5, 0.6) is 0 Å². The van der Waals surface area contributed by atoms with E-state index in [1.807, 2.05) is 0 Å². The summed E-state index contributed by atoms with van der Waals surface area (Å²) in [5, 5.41) is 0. The van der Waals surface area contributed by atoms with Gasteiger partial charge in [-0.1, -0.05) is 168 Å². The van der Waals surface area contributed by atoms with Crippen molar-refractivity contribution in [3.63, 3.8) is 0 Å². The lowest BCUT2D eigenvalue weighted by Crippen LogP contribution is -2.35. The summed E-state index contributed by atoms with van der Waals surface area (Å²) < 4.78 is 0. The van der Waals surface area contributed by atoms with Gasteiger partial charge in [0.15, 0.2) is 0 Å². The maximum Gasteiger partial charge on any atom is -0.00411 e. The number of aryl methyl sites for hydroxylation is 2. The van der Waals surface area contributed by atoms with Gasteiger partial charge in [0.05, 0.1) is 0 Å². The summed E-state index contributed by atoms with van der Waals surface area (Å²) in [6, 6.07) is 36.2. The van der Waals surface area contributed by atoms with Crippen LogP contribution in [0.25, 0.3) is 0 Å². The van der Waals surface area contributed by atoms with Crippen LogP contribution in [-0.4, -0.2) is 0 Å². The summed E-state index contributed by atoms with van der Waals surface area (Å²) in [4.78, 5) is 0. The van der Waals surface area contributed by atoms with Crippen LogP contribution < -0.4 is 0 Å². The van der Waals surface area contributed by atoms with Crippen molar-refractivity contribution in [1.29, 1.82) is 0 Å². The predicted octanol–water partition coefficient (Wildman–Crippen LogP) is 17.1. The summed E-state index contributed by atoms with van der Waals surface area (Å²) in [7, 11) is 0. The monoisotopic (exact) mass is 853 g/mol. The largest absolute Gasteiger partial charge is 0.0620 e. The second kappa shape index (κ2) is 18.9. The molecule has 15 rings (SSSR count). The molecule has 0 aromatic heterocycles. The van der Waals surface area contributed by atoms with Crippen molar-refractivity contribution in [2.45, 2.75) is 211 Å². The summed E-state index contributed by atoms with van der Waals surface area (Å²) in [5.41, 5.74) is 15.8. The van der Waals surface area contributed by atoms with Gasteiger partial charge < -0.3 is 0 Å². The number of benzene rings is 4. The first-order valence-corrected chi connectivity index (χ1v) is 27.8. The Kier molecular flexibility index (Phi) is 12.8. The summed E-state index contributed by atoms with van der Waals surface area (Å²) in [6.07, 6.45) is 46.8. The predicted molar refractivity (Wildman–Crippen MR) is 270 cm³/mol. The minimum absolute atomic E-state index is 0.606. The van der Waals surface area contributed by atoms with Crippen LogP contribution >= 0.6 is 0 Å². The van der Waals surface area contributed by atoms with E-state index < -0.39 is 0 Å². The van der Waals surface area contributed by atoms with Crippen molar-refractivity contribution in [2.75, 3.05) is 0 Å². The van der Waals surface area contributed by atoms with E-state index >= 15 is 0 Å². The van der Waals surface area contributed by atoms with Crippen LogP contribution in [0, 0.1) is 39.9 Å². The van der Waals surface area contributed by atoms with E-state index in [1.54, 1.807) is 83.0 Å². The Hall–Kier alpha value is -3.12. The molecule has 11 aliphatic carbocycles. The molecular weight excluding hydrogens is 769 g/mol. The fourth-order valence-corrected chi connectivity index (χ4v) is 16.7. The first-order chi connectivity index (χ1) is 31.5. The standard InChI is InChI=1S/2C14H18.2C13H16.C10H16/c1-4-9-14(10-5-1)11-8-12-6-2-3-7-13(12)14;1-4-8-14(9-5-1)10-12-6-2-3-7-13(12)11-14;1-2-6-12-10-13(7-3-4-8-13)9-11(12)5-1;1-2-5-12-10-13(7-3-8-13)9-6-11(12)4-1;1-2-7-4-5-8-6-10(8)9(7)3-1/h2*2-3,6-7H,1,4-5,8-11H2;1-2,5-6H,3-4,7-10H2;1-2,4-5H,3,6-10H2;7-10H,1-6H2. The lowest BCUT2D eigenvalue weighted by atomic mass is 9.60. The Bertz CT molecular complexity index is 2100. The topological polar surface area (TPSA) is 0 Å². The maximum absolute atomic E-state index is 2.38. The molecule has 0 heteroatoms. The van der Waals surface area contributed by atoms with Crippen molar-refractivity contribution in [1.82, 2.24) is 0 Å². The third kappa shape index (κ3) is 9.27. The smallest absolute Gasteiger partial charge is 0.00411 e. The van der Waals surface area contributed by atoms with Crippen molar-refractivity contribution >= 4 is 0 Å². The Morgan fingerprint density at radius 3 is 1.30 bits per heavy atom. The van der Waals surface area contributed by atoms with Crippen molar-refractivity contribution < 1.29 is 0 Å². The summed E-state index contributed by atoms with van der Waals surface area (Å²) >= 11 is 0. The van der Waals surface area contributed by atoms with Crippen LogP contribution in [-0.2, 0) is 50.4 Å². The highest BCUT2D eigenvalue weighted by molar-refractivity contribution is 5.40. The SMILES string of the molecule is C1CC2CCC3CC3C2C1.c1ccc2c(c1)CC1(CCCC1)C2.c1ccc2c(c1)CC1(CCCCC1)C2.c1ccc2c(c1)CCC1(CCC1)C2.c1ccc2c(c1)CCC21CCCCC1. The van der Waals surface area contributed by atoms with Gasteiger partial charge in [0.2, 0.25) is 0 Å². The first kappa shape index (κ1) is 43.5. The zero-order valence-electron chi connectivity index (χ0n) is 40.2. The molecule has 4 spiro atoms. The highest BCUT2D eigenvalue weighted by Gasteiger charge is 2.50. The van der Waals surface area contributed by atoms with Crippen LogP contribution in [0.3, 0.4) is 0 Å². The molecule has 0 saturated heterocycles. The fraction of sp³-hybridized carbons (Fsp3) is 0.625. The number of hydrogen-bond donors (Lipinski definition) is 0. The highest BCUT2D eigenvalue weighted by atomic mass is 14.6. The fourth-order valence-electron chi connectivity index (χ4n) is 16.7. The molecule has 64 heavy (non-hydrogen) atoms. The lowest BCUT2D eigenvalue weighted by Gasteiger charge is -2.45. The van der Waals surface area contributed by atoms with Crippen LogP contribution in [0.15, 0.2) is 97.1 Å². The molecule has 4 atom stereocenters. The molecular formula is C64H84. The average molecular weight is 853 g/mol. The molecule has 0 N–H and O–H groups in total. The van der Waals surface area contributed by atoms with E-state index in [0.717, 1.165) is 5.41 Å². The molecule has 0 nitrogen and oxygen atoms in total. The Morgan fingerprint density at radius 1 is 0.297 bits per heavy atom. The van der Waals surface area contributed by atoms with Gasteiger partial charge in [0.25, 0.3) is 0 Å². The van der Waals surface area contributed by atoms with E-state index in [4.69, 9.17) is 0 Å². The molecule has 4 aromatic carbocycles. The molecule has 11 aliphatic rings.